The number of nitro benzene ring substituents is 1. The van der Waals surface area contributed by atoms with Crippen LogP contribution in [0.5, 0.6) is 0 Å². The topological polar surface area (TPSA) is 75.5 Å². The summed E-state index contributed by atoms with van der Waals surface area (Å²) >= 11 is 0. The molecule has 19 heavy (non-hydrogen) atoms. The van der Waals surface area contributed by atoms with Crippen molar-refractivity contribution in [3.63, 3.8) is 0 Å². The molecule has 0 fully saturated rings. The van der Waals surface area contributed by atoms with Gasteiger partial charge in [-0.25, -0.2) is 0 Å². The van der Waals surface area contributed by atoms with E-state index in [1.165, 1.54) is 6.07 Å². The Morgan fingerprint density at radius 1 is 1.37 bits per heavy atom. The van der Waals surface area contributed by atoms with E-state index in [0.717, 1.165) is 6.42 Å². The molecule has 0 aliphatic rings. The fourth-order valence-corrected chi connectivity index (χ4v) is 1.65. The van der Waals surface area contributed by atoms with E-state index in [9.17, 15) is 14.9 Å². The number of para-hydroxylation sites is 1. The van der Waals surface area contributed by atoms with E-state index in [-0.39, 0.29) is 16.5 Å². The number of rotatable bonds is 7. The van der Waals surface area contributed by atoms with E-state index in [4.69, 9.17) is 0 Å². The van der Waals surface area contributed by atoms with E-state index in [1.54, 1.807) is 37.2 Å². The van der Waals surface area contributed by atoms with Gasteiger partial charge in [0.25, 0.3) is 5.69 Å². The predicted octanol–water partition coefficient (Wildman–Crippen LogP) is 1.55. The first-order chi connectivity index (χ1) is 9.02. The minimum atomic E-state index is -0.382. The molecule has 1 rings (SSSR count). The third-order valence-corrected chi connectivity index (χ3v) is 2.75. The van der Waals surface area contributed by atoms with E-state index in [0.29, 0.717) is 25.1 Å². The first-order valence-corrected chi connectivity index (χ1v) is 6.15. The molecule has 1 amide bonds. The van der Waals surface area contributed by atoms with Gasteiger partial charge < -0.3 is 10.2 Å². The maximum atomic E-state index is 11.3. The standard InChI is InChI=1S/C13H19N3O3/c1-15(2)13(17)8-5-9-14-10-11-6-3-4-7-12(11)16(18)19/h3-4,6-7,14H,5,8-10H2,1-2H3. The maximum Gasteiger partial charge on any atom is 0.273 e. The highest BCUT2D eigenvalue weighted by atomic mass is 16.6. The van der Waals surface area contributed by atoms with Crippen molar-refractivity contribution in [2.75, 3.05) is 20.6 Å². The Morgan fingerprint density at radius 3 is 2.68 bits per heavy atom. The van der Waals surface area contributed by atoms with Crippen LogP contribution in [0.15, 0.2) is 24.3 Å². The van der Waals surface area contributed by atoms with Crippen LogP contribution >= 0.6 is 0 Å². The van der Waals surface area contributed by atoms with Gasteiger partial charge in [-0.1, -0.05) is 18.2 Å². The number of carbonyl (C=O) groups excluding carboxylic acids is 1. The lowest BCUT2D eigenvalue weighted by Crippen LogP contribution is -2.23. The van der Waals surface area contributed by atoms with Gasteiger partial charge in [-0.05, 0) is 13.0 Å². The van der Waals surface area contributed by atoms with Crippen molar-refractivity contribution in [1.29, 1.82) is 0 Å². The number of carbonyl (C=O) groups is 1. The summed E-state index contributed by atoms with van der Waals surface area (Å²) in [5.41, 5.74) is 0.783. The molecule has 1 N–H and O–H groups in total. The van der Waals surface area contributed by atoms with E-state index < -0.39 is 0 Å². The largest absolute Gasteiger partial charge is 0.349 e. The van der Waals surface area contributed by atoms with Gasteiger partial charge in [0.2, 0.25) is 5.91 Å². The zero-order valence-electron chi connectivity index (χ0n) is 11.3. The molecular formula is C13H19N3O3. The second kappa shape index (κ2) is 7.48. The van der Waals surface area contributed by atoms with Crippen molar-refractivity contribution in [3.05, 3.63) is 39.9 Å². The second-order valence-electron chi connectivity index (χ2n) is 4.45. The number of benzene rings is 1. The molecule has 1 aromatic rings. The van der Waals surface area contributed by atoms with Gasteiger partial charge in [0.05, 0.1) is 4.92 Å². The van der Waals surface area contributed by atoms with Crippen molar-refractivity contribution in [2.45, 2.75) is 19.4 Å². The normalized spacial score (nSPS) is 10.2. The monoisotopic (exact) mass is 265 g/mol. The lowest BCUT2D eigenvalue weighted by molar-refractivity contribution is -0.385. The Morgan fingerprint density at radius 2 is 2.05 bits per heavy atom. The van der Waals surface area contributed by atoms with Crippen LogP contribution in [-0.4, -0.2) is 36.4 Å². The average Bonchev–Trinajstić information content (AvgIpc) is 2.38. The zero-order valence-corrected chi connectivity index (χ0v) is 11.3. The third-order valence-electron chi connectivity index (χ3n) is 2.75. The highest BCUT2D eigenvalue weighted by Crippen LogP contribution is 2.16. The van der Waals surface area contributed by atoms with Crippen molar-refractivity contribution in [3.8, 4) is 0 Å². The van der Waals surface area contributed by atoms with Gasteiger partial charge in [0.15, 0.2) is 0 Å². The number of nitro groups is 1. The fourth-order valence-electron chi connectivity index (χ4n) is 1.65. The highest BCUT2D eigenvalue weighted by Gasteiger charge is 2.11. The Labute approximate surface area is 112 Å². The molecule has 0 radical (unpaired) electrons. The molecule has 0 aromatic heterocycles. The van der Waals surface area contributed by atoms with Gasteiger partial charge in [-0.3, -0.25) is 14.9 Å². The molecule has 0 bridgehead atoms. The molecule has 0 unspecified atom stereocenters. The second-order valence-corrected chi connectivity index (χ2v) is 4.45. The minimum absolute atomic E-state index is 0.0903. The lowest BCUT2D eigenvalue weighted by Gasteiger charge is -2.10. The molecule has 6 heteroatoms. The van der Waals surface area contributed by atoms with Crippen LogP contribution in [-0.2, 0) is 11.3 Å². The molecule has 0 aliphatic carbocycles. The van der Waals surface area contributed by atoms with Gasteiger partial charge in [-0.15, -0.1) is 0 Å². The van der Waals surface area contributed by atoms with E-state index in [1.807, 2.05) is 0 Å². The smallest absolute Gasteiger partial charge is 0.273 e. The first kappa shape index (κ1) is 15.1. The molecule has 104 valence electrons. The Kier molecular flexibility index (Phi) is 5.95. The molecule has 0 aliphatic heterocycles. The minimum Gasteiger partial charge on any atom is -0.349 e. The number of hydrogen-bond acceptors (Lipinski definition) is 4. The zero-order chi connectivity index (χ0) is 14.3. The molecule has 1 aromatic carbocycles. The number of hydrogen-bond donors (Lipinski definition) is 1. The molecule has 0 spiro atoms. The summed E-state index contributed by atoms with van der Waals surface area (Å²) in [5.74, 6) is 0.0903. The number of nitrogens with zero attached hydrogens (tertiary/aromatic N) is 2. The van der Waals surface area contributed by atoms with Gasteiger partial charge in [0, 0.05) is 38.7 Å². The van der Waals surface area contributed by atoms with Crippen molar-refractivity contribution < 1.29 is 9.72 Å². The fraction of sp³-hybridized carbons (Fsp3) is 0.462. The summed E-state index contributed by atoms with van der Waals surface area (Å²) in [6.45, 7) is 1.10. The third kappa shape index (κ3) is 5.05. The van der Waals surface area contributed by atoms with Crippen molar-refractivity contribution in [2.24, 2.45) is 0 Å². The summed E-state index contributed by atoms with van der Waals surface area (Å²) in [7, 11) is 3.45. The quantitative estimate of drug-likeness (QED) is 0.461. The Balaban J connectivity index is 2.34. The number of amides is 1. The van der Waals surface area contributed by atoms with Gasteiger partial charge in [-0.2, -0.15) is 0 Å². The molecule has 6 nitrogen and oxygen atoms in total. The Hall–Kier alpha value is -1.95. The van der Waals surface area contributed by atoms with Crippen LogP contribution in [0.2, 0.25) is 0 Å². The molecule has 0 saturated carbocycles. The van der Waals surface area contributed by atoms with Crippen LogP contribution in [0.1, 0.15) is 18.4 Å². The average molecular weight is 265 g/mol. The SMILES string of the molecule is CN(C)C(=O)CCCNCc1ccccc1[N+](=O)[O-]. The molecule has 0 saturated heterocycles. The molecular weight excluding hydrogens is 246 g/mol. The summed E-state index contributed by atoms with van der Waals surface area (Å²) in [6.07, 6.45) is 1.20. The first-order valence-electron chi connectivity index (χ1n) is 6.15. The van der Waals surface area contributed by atoms with Gasteiger partial charge >= 0.3 is 0 Å². The van der Waals surface area contributed by atoms with Crippen LogP contribution in [0.4, 0.5) is 5.69 Å². The van der Waals surface area contributed by atoms with Crippen LogP contribution in [0.25, 0.3) is 0 Å². The van der Waals surface area contributed by atoms with E-state index in [2.05, 4.69) is 5.32 Å². The van der Waals surface area contributed by atoms with Crippen LogP contribution in [0, 0.1) is 10.1 Å². The predicted molar refractivity (Wildman–Crippen MR) is 72.7 cm³/mol. The van der Waals surface area contributed by atoms with Gasteiger partial charge in [0.1, 0.15) is 0 Å². The Bertz CT molecular complexity index is 447. The van der Waals surface area contributed by atoms with Crippen LogP contribution < -0.4 is 5.32 Å². The lowest BCUT2D eigenvalue weighted by atomic mass is 10.2. The molecule has 0 atom stereocenters. The van der Waals surface area contributed by atoms with Crippen molar-refractivity contribution >= 4 is 11.6 Å². The number of nitrogens with one attached hydrogen (secondary N) is 1. The summed E-state index contributed by atoms with van der Waals surface area (Å²) < 4.78 is 0. The summed E-state index contributed by atoms with van der Waals surface area (Å²) in [5, 5.41) is 13.9. The van der Waals surface area contributed by atoms with Crippen molar-refractivity contribution in [1.82, 2.24) is 10.2 Å². The molecule has 0 heterocycles. The maximum absolute atomic E-state index is 11.3. The van der Waals surface area contributed by atoms with E-state index >= 15 is 0 Å². The summed E-state index contributed by atoms with van der Waals surface area (Å²) in [4.78, 5) is 23.3. The highest BCUT2D eigenvalue weighted by molar-refractivity contribution is 5.75. The van der Waals surface area contributed by atoms with Crippen LogP contribution in [0.3, 0.4) is 0 Å². The summed E-state index contributed by atoms with van der Waals surface area (Å²) in [6, 6.07) is 6.65.